The van der Waals surface area contributed by atoms with Crippen LogP contribution in [0.2, 0.25) is 5.02 Å². The van der Waals surface area contributed by atoms with Gasteiger partial charge in [-0.2, -0.15) is 0 Å². The van der Waals surface area contributed by atoms with Gasteiger partial charge in [0.1, 0.15) is 0 Å². The van der Waals surface area contributed by atoms with Gasteiger partial charge in [0, 0.05) is 36.5 Å². The average Bonchev–Trinajstić information content (AvgIpc) is 3.25. The van der Waals surface area contributed by atoms with Crippen LogP contribution in [0, 0.1) is 5.92 Å². The number of nitrogens with zero attached hydrogens (tertiary/aromatic N) is 3. The van der Waals surface area contributed by atoms with Crippen LogP contribution in [0.25, 0.3) is 0 Å². The van der Waals surface area contributed by atoms with Gasteiger partial charge in [0.25, 0.3) is 0 Å². The number of carbonyl (C=O) groups excluding carboxylic acids is 2. The third-order valence-electron chi connectivity index (χ3n) is 5.77. The molecular weight excluding hydrogens is 446 g/mol. The number of likely N-dealkylation sites (N-methyl/N-ethyl adjacent to an activating group) is 1. The van der Waals surface area contributed by atoms with Gasteiger partial charge in [-0.3, -0.25) is 9.59 Å². The molecule has 0 unspecified atom stereocenters. The van der Waals surface area contributed by atoms with Gasteiger partial charge in [0.15, 0.2) is 0 Å². The molecule has 2 aromatic carbocycles. The van der Waals surface area contributed by atoms with Crippen LogP contribution in [0.3, 0.4) is 0 Å². The van der Waals surface area contributed by atoms with Crippen LogP contribution in [-0.4, -0.2) is 45.8 Å². The van der Waals surface area contributed by atoms with Crippen LogP contribution in [0.15, 0.2) is 72.9 Å². The lowest BCUT2D eigenvalue weighted by molar-refractivity contribution is -0.140. The van der Waals surface area contributed by atoms with Crippen LogP contribution < -0.4 is 0 Å². The molecule has 0 aliphatic carbocycles. The molecule has 0 spiro atoms. The largest absolute Gasteiger partial charge is 0.345 e. The van der Waals surface area contributed by atoms with E-state index in [0.717, 1.165) is 21.8 Å². The molecule has 0 atom stereocenters. The molecule has 1 aromatic heterocycles. The van der Waals surface area contributed by atoms with Crippen molar-refractivity contribution < 1.29 is 9.59 Å². The molecule has 0 bridgehead atoms. The fourth-order valence-corrected chi connectivity index (χ4v) is 4.17. The van der Waals surface area contributed by atoms with E-state index in [1.807, 2.05) is 84.8 Å². The van der Waals surface area contributed by atoms with Crippen molar-refractivity contribution in [2.24, 2.45) is 5.92 Å². The molecular formula is C28H34ClN3O2. The Bertz CT molecular complexity index is 1080. The quantitative estimate of drug-likeness (QED) is 0.376. The number of amides is 2. The summed E-state index contributed by atoms with van der Waals surface area (Å²) >= 11 is 6.36. The first kappa shape index (κ1) is 25.6. The van der Waals surface area contributed by atoms with Crippen LogP contribution in [0.1, 0.15) is 37.6 Å². The predicted molar refractivity (Wildman–Crippen MR) is 138 cm³/mol. The highest BCUT2D eigenvalue weighted by Crippen LogP contribution is 2.18. The van der Waals surface area contributed by atoms with E-state index >= 15 is 0 Å². The van der Waals surface area contributed by atoms with Crippen molar-refractivity contribution in [1.29, 1.82) is 0 Å². The molecule has 1 heterocycles. The Labute approximate surface area is 207 Å². The van der Waals surface area contributed by atoms with Crippen molar-refractivity contribution in [3.8, 4) is 0 Å². The Kier molecular flexibility index (Phi) is 9.34. The van der Waals surface area contributed by atoms with E-state index in [1.165, 1.54) is 0 Å². The van der Waals surface area contributed by atoms with Crippen LogP contribution in [0.5, 0.6) is 0 Å². The summed E-state index contributed by atoms with van der Waals surface area (Å²) in [4.78, 5) is 29.7. The maximum Gasteiger partial charge on any atom is 0.242 e. The normalized spacial score (nSPS) is 11.0. The molecule has 0 saturated carbocycles. The minimum Gasteiger partial charge on any atom is -0.345 e. The first-order valence-corrected chi connectivity index (χ1v) is 12.2. The average molecular weight is 480 g/mol. The summed E-state index contributed by atoms with van der Waals surface area (Å²) in [7, 11) is 0. The van der Waals surface area contributed by atoms with Gasteiger partial charge >= 0.3 is 0 Å². The number of benzene rings is 2. The van der Waals surface area contributed by atoms with Gasteiger partial charge in [-0.15, -0.1) is 0 Å². The Morgan fingerprint density at radius 3 is 2.29 bits per heavy atom. The predicted octanol–water partition coefficient (Wildman–Crippen LogP) is 5.27. The fraction of sp³-hybridized carbons (Fsp3) is 0.357. The fourth-order valence-electron chi connectivity index (χ4n) is 3.97. The van der Waals surface area contributed by atoms with Gasteiger partial charge < -0.3 is 14.4 Å². The number of aromatic nitrogens is 1. The number of hydrogen-bond donors (Lipinski definition) is 0. The second kappa shape index (κ2) is 12.4. The lowest BCUT2D eigenvalue weighted by Crippen LogP contribution is -2.44. The zero-order valence-electron chi connectivity index (χ0n) is 20.3. The first-order chi connectivity index (χ1) is 16.4. The van der Waals surface area contributed by atoms with Gasteiger partial charge in [-0.05, 0) is 42.2 Å². The standard InChI is InChI=1S/C28H34ClN3O2/c1-4-30(27(33)17-23-11-6-5-7-12-23)21-28(34)32(18-22(2)3)20-25-14-10-16-31(25)19-24-13-8-9-15-26(24)29/h5-16,22H,4,17-21H2,1-3H3. The van der Waals surface area contributed by atoms with E-state index < -0.39 is 0 Å². The van der Waals surface area contributed by atoms with Gasteiger partial charge in [0.05, 0.1) is 19.5 Å². The highest BCUT2D eigenvalue weighted by Gasteiger charge is 2.22. The number of rotatable bonds is 11. The second-order valence-corrected chi connectivity index (χ2v) is 9.36. The summed E-state index contributed by atoms with van der Waals surface area (Å²) in [6.07, 6.45) is 2.31. The van der Waals surface area contributed by atoms with E-state index in [9.17, 15) is 9.59 Å². The summed E-state index contributed by atoms with van der Waals surface area (Å²) < 4.78 is 2.12. The van der Waals surface area contributed by atoms with Gasteiger partial charge in [-0.25, -0.2) is 0 Å². The second-order valence-electron chi connectivity index (χ2n) is 8.96. The lowest BCUT2D eigenvalue weighted by atomic mass is 10.1. The van der Waals surface area contributed by atoms with Crippen molar-refractivity contribution in [2.75, 3.05) is 19.6 Å². The molecule has 6 heteroatoms. The molecule has 0 radical (unpaired) electrons. The summed E-state index contributed by atoms with van der Waals surface area (Å²) in [6, 6.07) is 21.5. The van der Waals surface area contributed by atoms with E-state index in [1.54, 1.807) is 4.90 Å². The zero-order valence-corrected chi connectivity index (χ0v) is 21.0. The van der Waals surface area contributed by atoms with E-state index in [0.29, 0.717) is 38.5 Å². The van der Waals surface area contributed by atoms with Crippen molar-refractivity contribution in [2.45, 2.75) is 40.3 Å². The number of halogens is 1. The minimum absolute atomic E-state index is 0.0337. The molecule has 34 heavy (non-hydrogen) atoms. The lowest BCUT2D eigenvalue weighted by Gasteiger charge is -2.29. The topological polar surface area (TPSA) is 45.6 Å². The van der Waals surface area contributed by atoms with E-state index in [-0.39, 0.29) is 18.4 Å². The van der Waals surface area contributed by atoms with Gasteiger partial charge in [0.2, 0.25) is 11.8 Å². The number of carbonyl (C=O) groups is 2. The molecule has 0 aliphatic heterocycles. The number of hydrogen-bond acceptors (Lipinski definition) is 2. The Morgan fingerprint density at radius 2 is 1.62 bits per heavy atom. The third kappa shape index (κ3) is 7.22. The molecule has 180 valence electrons. The molecule has 0 N–H and O–H groups in total. The van der Waals surface area contributed by atoms with Crippen LogP contribution >= 0.6 is 11.6 Å². The van der Waals surface area contributed by atoms with E-state index in [4.69, 9.17) is 11.6 Å². The molecule has 0 saturated heterocycles. The molecule has 5 nitrogen and oxygen atoms in total. The Balaban J connectivity index is 1.70. The van der Waals surface area contributed by atoms with Crippen molar-refractivity contribution >= 4 is 23.4 Å². The minimum atomic E-state index is -0.0394. The maximum absolute atomic E-state index is 13.4. The van der Waals surface area contributed by atoms with Gasteiger partial charge in [-0.1, -0.05) is 74.0 Å². The molecule has 0 aliphatic rings. The smallest absolute Gasteiger partial charge is 0.242 e. The first-order valence-electron chi connectivity index (χ1n) is 11.8. The van der Waals surface area contributed by atoms with Crippen molar-refractivity contribution in [3.05, 3.63) is 94.8 Å². The summed E-state index contributed by atoms with van der Waals surface area (Å²) in [5.41, 5.74) is 3.02. The molecule has 3 aromatic rings. The van der Waals surface area contributed by atoms with Crippen molar-refractivity contribution in [1.82, 2.24) is 14.4 Å². The summed E-state index contributed by atoms with van der Waals surface area (Å²) in [5.74, 6) is 0.238. The molecule has 2 amide bonds. The third-order valence-corrected chi connectivity index (χ3v) is 6.14. The van der Waals surface area contributed by atoms with Crippen LogP contribution in [-0.2, 0) is 29.1 Å². The summed E-state index contributed by atoms with van der Waals surface area (Å²) in [6.45, 7) is 8.44. The maximum atomic E-state index is 13.4. The summed E-state index contributed by atoms with van der Waals surface area (Å²) in [5, 5.41) is 0.729. The monoisotopic (exact) mass is 479 g/mol. The SMILES string of the molecule is CCN(CC(=O)N(Cc1cccn1Cc1ccccc1Cl)CC(C)C)C(=O)Cc1ccccc1. The Morgan fingerprint density at radius 1 is 0.912 bits per heavy atom. The zero-order chi connectivity index (χ0) is 24.5. The highest BCUT2D eigenvalue weighted by molar-refractivity contribution is 6.31. The Hall–Kier alpha value is -3.05. The van der Waals surface area contributed by atoms with Crippen molar-refractivity contribution in [3.63, 3.8) is 0 Å². The van der Waals surface area contributed by atoms with Crippen LogP contribution in [0.4, 0.5) is 0 Å². The molecule has 3 rings (SSSR count). The molecule has 0 fully saturated rings. The highest BCUT2D eigenvalue weighted by atomic mass is 35.5. The van der Waals surface area contributed by atoms with E-state index in [2.05, 4.69) is 18.4 Å².